The molecule has 3 rings (SSSR count). The zero-order valence-corrected chi connectivity index (χ0v) is 16.4. The maximum Gasteiger partial charge on any atom is 0.214 e. The molecule has 2 N–H and O–H groups in total. The molecule has 1 fully saturated rings. The average molecular weight is 376 g/mol. The number of fused-ring (bicyclic) bond motifs is 1. The van der Waals surface area contributed by atoms with Crippen LogP contribution in [0.25, 0.3) is 10.8 Å². The molecule has 0 radical (unpaired) electrons. The molecule has 0 amide bonds. The Morgan fingerprint density at radius 2 is 1.85 bits per heavy atom. The Kier molecular flexibility index (Phi) is 6.27. The molecule has 1 aliphatic rings. The first kappa shape index (κ1) is 19.3. The average Bonchev–Trinajstić information content (AvgIpc) is 2.63. The van der Waals surface area contributed by atoms with Gasteiger partial charge in [-0.2, -0.15) is 0 Å². The molecule has 1 aliphatic carbocycles. The van der Waals surface area contributed by atoms with E-state index in [2.05, 4.69) is 27.2 Å². The second-order valence-corrected chi connectivity index (χ2v) is 9.81. The van der Waals surface area contributed by atoms with E-state index in [1.54, 1.807) is 13.8 Å². The van der Waals surface area contributed by atoms with Crippen molar-refractivity contribution < 1.29 is 8.42 Å². The number of pyridine rings is 1. The number of aromatic nitrogens is 1. The molecule has 0 aliphatic heterocycles. The van der Waals surface area contributed by atoms with E-state index in [4.69, 9.17) is 0 Å². The lowest BCUT2D eigenvalue weighted by Crippen LogP contribution is -2.41. The molecule has 0 bridgehead atoms. The van der Waals surface area contributed by atoms with Gasteiger partial charge in [0, 0.05) is 24.2 Å². The van der Waals surface area contributed by atoms with Crippen LogP contribution in [0.2, 0.25) is 0 Å². The van der Waals surface area contributed by atoms with Crippen LogP contribution in [0, 0.1) is 5.92 Å². The summed E-state index contributed by atoms with van der Waals surface area (Å²) in [5, 5.41) is 5.60. The largest absolute Gasteiger partial charge is 0.311 e. The summed E-state index contributed by atoms with van der Waals surface area (Å²) in [7, 11) is -3.16. The first-order valence-corrected chi connectivity index (χ1v) is 11.0. The quantitative estimate of drug-likeness (QED) is 0.779. The van der Waals surface area contributed by atoms with Gasteiger partial charge in [0.1, 0.15) is 0 Å². The zero-order valence-electron chi connectivity index (χ0n) is 15.6. The van der Waals surface area contributed by atoms with E-state index in [1.807, 2.05) is 24.4 Å². The second kappa shape index (κ2) is 8.46. The van der Waals surface area contributed by atoms with Crippen LogP contribution in [-0.2, 0) is 16.6 Å². The monoisotopic (exact) mass is 375 g/mol. The molecule has 1 aromatic carbocycles. The Morgan fingerprint density at radius 3 is 2.58 bits per heavy atom. The van der Waals surface area contributed by atoms with Gasteiger partial charge in [0.15, 0.2) is 0 Å². The molecule has 1 heterocycles. The van der Waals surface area contributed by atoms with E-state index >= 15 is 0 Å². The standard InChI is InChI=1S/C20H29N3O2S/c1-15(2)26(24,25)23-18-9-7-16(8-10-18)13-21-14-20-19-6-4-3-5-17(19)11-12-22-20/h3-6,11-12,15-16,18,21,23H,7-10,13-14H2,1-2H3. The van der Waals surface area contributed by atoms with Crippen molar-refractivity contribution in [1.29, 1.82) is 0 Å². The lowest BCUT2D eigenvalue weighted by molar-refractivity contribution is 0.302. The minimum atomic E-state index is -3.16. The number of hydrogen-bond donors (Lipinski definition) is 2. The van der Waals surface area contributed by atoms with Crippen molar-refractivity contribution in [3.8, 4) is 0 Å². The molecule has 1 aromatic heterocycles. The molecule has 142 valence electrons. The van der Waals surface area contributed by atoms with Gasteiger partial charge in [0.2, 0.25) is 10.0 Å². The highest BCUT2D eigenvalue weighted by atomic mass is 32.2. The van der Waals surface area contributed by atoms with Crippen LogP contribution in [0.1, 0.15) is 45.2 Å². The number of sulfonamides is 1. The Bertz CT molecular complexity index is 823. The van der Waals surface area contributed by atoms with E-state index in [0.717, 1.165) is 44.5 Å². The third-order valence-electron chi connectivity index (χ3n) is 5.28. The summed E-state index contributed by atoms with van der Waals surface area (Å²) in [6.07, 6.45) is 5.82. The van der Waals surface area contributed by atoms with Gasteiger partial charge in [-0.15, -0.1) is 0 Å². The summed E-state index contributed by atoms with van der Waals surface area (Å²) in [6.45, 7) is 5.16. The highest BCUT2D eigenvalue weighted by Gasteiger charge is 2.26. The predicted octanol–water partition coefficient (Wildman–Crippen LogP) is 3.21. The Hall–Kier alpha value is -1.50. The molecule has 26 heavy (non-hydrogen) atoms. The third kappa shape index (κ3) is 4.81. The fourth-order valence-corrected chi connectivity index (χ4v) is 4.54. The molecule has 0 spiro atoms. The van der Waals surface area contributed by atoms with E-state index < -0.39 is 10.0 Å². The minimum absolute atomic E-state index is 0.0957. The zero-order chi connectivity index (χ0) is 18.6. The van der Waals surface area contributed by atoms with Crippen molar-refractivity contribution in [3.05, 3.63) is 42.2 Å². The normalized spacial score (nSPS) is 21.3. The molecule has 0 atom stereocenters. The molecule has 5 nitrogen and oxygen atoms in total. The van der Waals surface area contributed by atoms with Crippen LogP contribution in [0.5, 0.6) is 0 Å². The number of rotatable bonds is 7. The topological polar surface area (TPSA) is 71.1 Å². The number of benzene rings is 1. The van der Waals surface area contributed by atoms with E-state index in [0.29, 0.717) is 5.92 Å². The van der Waals surface area contributed by atoms with Gasteiger partial charge in [-0.1, -0.05) is 24.3 Å². The van der Waals surface area contributed by atoms with Gasteiger partial charge in [0.25, 0.3) is 0 Å². The molecule has 1 saturated carbocycles. The second-order valence-electron chi connectivity index (χ2n) is 7.54. The molecule has 6 heteroatoms. The summed E-state index contributed by atoms with van der Waals surface area (Å²) >= 11 is 0. The Balaban J connectivity index is 1.46. The van der Waals surface area contributed by atoms with Crippen LogP contribution in [0.15, 0.2) is 36.5 Å². The molecule has 0 unspecified atom stereocenters. The summed E-state index contributed by atoms with van der Waals surface area (Å²) in [4.78, 5) is 4.52. The molecule has 2 aromatic rings. The third-order valence-corrected chi connectivity index (χ3v) is 7.18. The van der Waals surface area contributed by atoms with Gasteiger partial charge in [-0.3, -0.25) is 4.98 Å². The SMILES string of the molecule is CC(C)S(=O)(=O)NC1CCC(CNCc2nccc3ccccc23)CC1. The Labute approximate surface area is 156 Å². The minimum Gasteiger partial charge on any atom is -0.311 e. The first-order valence-electron chi connectivity index (χ1n) is 9.50. The fourth-order valence-electron chi connectivity index (χ4n) is 3.57. The van der Waals surface area contributed by atoms with Crippen molar-refractivity contribution in [1.82, 2.24) is 15.0 Å². The van der Waals surface area contributed by atoms with Crippen LogP contribution in [0.3, 0.4) is 0 Å². The number of nitrogens with zero attached hydrogens (tertiary/aromatic N) is 1. The van der Waals surface area contributed by atoms with E-state index in [-0.39, 0.29) is 11.3 Å². The van der Waals surface area contributed by atoms with Crippen molar-refractivity contribution in [2.24, 2.45) is 5.92 Å². The molecular formula is C20H29N3O2S. The smallest absolute Gasteiger partial charge is 0.214 e. The highest BCUT2D eigenvalue weighted by molar-refractivity contribution is 7.90. The van der Waals surface area contributed by atoms with Crippen molar-refractivity contribution in [2.45, 2.75) is 57.4 Å². The van der Waals surface area contributed by atoms with Crippen LogP contribution < -0.4 is 10.0 Å². The lowest BCUT2D eigenvalue weighted by Gasteiger charge is -2.29. The summed E-state index contributed by atoms with van der Waals surface area (Å²) in [6, 6.07) is 10.5. The maximum absolute atomic E-state index is 12.0. The summed E-state index contributed by atoms with van der Waals surface area (Å²) in [5.41, 5.74) is 1.08. The number of nitrogens with one attached hydrogen (secondary N) is 2. The lowest BCUT2D eigenvalue weighted by atomic mass is 9.86. The van der Waals surface area contributed by atoms with Gasteiger partial charge in [0.05, 0.1) is 10.9 Å². The van der Waals surface area contributed by atoms with Crippen LogP contribution in [0.4, 0.5) is 0 Å². The highest BCUT2D eigenvalue weighted by Crippen LogP contribution is 2.25. The van der Waals surface area contributed by atoms with Gasteiger partial charge in [-0.05, 0) is 63.4 Å². The van der Waals surface area contributed by atoms with E-state index in [1.165, 1.54) is 10.8 Å². The van der Waals surface area contributed by atoms with Crippen LogP contribution >= 0.6 is 0 Å². The number of hydrogen-bond acceptors (Lipinski definition) is 4. The van der Waals surface area contributed by atoms with Crippen LogP contribution in [-0.4, -0.2) is 31.2 Å². The summed E-state index contributed by atoms with van der Waals surface area (Å²) < 4.78 is 26.8. The molecular weight excluding hydrogens is 346 g/mol. The molecule has 0 saturated heterocycles. The summed E-state index contributed by atoms with van der Waals surface area (Å²) in [5.74, 6) is 0.602. The van der Waals surface area contributed by atoms with Crippen molar-refractivity contribution >= 4 is 20.8 Å². The Morgan fingerprint density at radius 1 is 1.12 bits per heavy atom. The first-order chi connectivity index (χ1) is 12.5. The van der Waals surface area contributed by atoms with Crippen molar-refractivity contribution in [2.75, 3.05) is 6.54 Å². The van der Waals surface area contributed by atoms with Crippen molar-refractivity contribution in [3.63, 3.8) is 0 Å². The van der Waals surface area contributed by atoms with Gasteiger partial charge in [-0.25, -0.2) is 13.1 Å². The maximum atomic E-state index is 12.0. The predicted molar refractivity (Wildman–Crippen MR) is 106 cm³/mol. The van der Waals surface area contributed by atoms with Gasteiger partial charge >= 0.3 is 0 Å². The fraction of sp³-hybridized carbons (Fsp3) is 0.550. The van der Waals surface area contributed by atoms with Gasteiger partial charge < -0.3 is 5.32 Å². The van der Waals surface area contributed by atoms with E-state index in [9.17, 15) is 8.42 Å².